The Morgan fingerprint density at radius 1 is 0.966 bits per heavy atom. The summed E-state index contributed by atoms with van der Waals surface area (Å²) in [5.41, 5.74) is 0.261. The molecule has 29 heavy (non-hydrogen) atoms. The number of fused-ring (bicyclic) bond motifs is 1. The number of esters is 2. The fourth-order valence-electron chi connectivity index (χ4n) is 1.76. The van der Waals surface area contributed by atoms with Crippen LogP contribution in [0.25, 0.3) is 0 Å². The number of carbonyl (C=O) groups excluding carboxylic acids is 4. The number of nitrogens with one attached hydrogen (secondary N) is 1. The van der Waals surface area contributed by atoms with Gasteiger partial charge in [0.15, 0.2) is 11.5 Å². The van der Waals surface area contributed by atoms with E-state index in [-0.39, 0.29) is 12.5 Å². The van der Waals surface area contributed by atoms with Gasteiger partial charge in [-0.05, 0) is 12.1 Å². The van der Waals surface area contributed by atoms with Crippen molar-refractivity contribution in [1.29, 1.82) is 0 Å². The lowest BCUT2D eigenvalue weighted by molar-refractivity contribution is -0.306. The molecule has 2 rings (SSSR count). The third-order valence-corrected chi connectivity index (χ3v) is 3.21. The molecule has 0 saturated heterocycles. The summed E-state index contributed by atoms with van der Waals surface area (Å²) in [6.45, 7) is 4.38. The summed E-state index contributed by atoms with van der Waals surface area (Å²) in [6.07, 6.45) is -1.31. The molecule has 0 saturated carbocycles. The fraction of sp³-hybridized carbons (Fsp3) is 0.444. The van der Waals surface area contributed by atoms with E-state index in [0.29, 0.717) is 11.5 Å². The summed E-state index contributed by atoms with van der Waals surface area (Å²) < 4.78 is 19.5. The first-order chi connectivity index (χ1) is 13.7. The van der Waals surface area contributed by atoms with Crippen molar-refractivity contribution in [3.63, 3.8) is 0 Å². The number of aliphatic carboxylic acids is 2. The van der Waals surface area contributed by atoms with E-state index in [0.717, 1.165) is 0 Å². The Balaban J connectivity index is 0.000000960. The Bertz CT molecular complexity index is 701. The number of unbranched alkanes of at least 4 members (excludes halogenated alkanes) is 1. The number of carboxylic acids is 2. The van der Waals surface area contributed by atoms with Gasteiger partial charge < -0.3 is 44.1 Å². The minimum absolute atomic E-state index is 0.0173. The van der Waals surface area contributed by atoms with E-state index in [9.17, 15) is 29.4 Å². The second-order valence-electron chi connectivity index (χ2n) is 5.62. The molecule has 11 heteroatoms. The van der Waals surface area contributed by atoms with E-state index in [1.54, 1.807) is 0 Å². The predicted octanol–water partition coefficient (Wildman–Crippen LogP) is -0.716. The zero-order valence-electron chi connectivity index (χ0n) is 15.9. The van der Waals surface area contributed by atoms with E-state index in [4.69, 9.17) is 9.47 Å². The Morgan fingerprint density at radius 2 is 1.48 bits per heavy atom. The number of benzene rings is 1. The molecule has 160 valence electrons. The van der Waals surface area contributed by atoms with Crippen molar-refractivity contribution in [2.45, 2.75) is 45.9 Å². The van der Waals surface area contributed by atoms with Crippen LogP contribution in [0.4, 0.5) is 5.69 Å². The maximum Gasteiger partial charge on any atom is 0.329 e. The average Bonchev–Trinajstić information content (AvgIpc) is 3.08. The van der Waals surface area contributed by atoms with Gasteiger partial charge in [-0.25, -0.2) is 0 Å². The summed E-state index contributed by atoms with van der Waals surface area (Å²) in [5, 5.41) is 23.2. The van der Waals surface area contributed by atoms with Gasteiger partial charge in [-0.1, -0.05) is 26.7 Å². The zero-order valence-corrected chi connectivity index (χ0v) is 15.9. The first kappa shape index (κ1) is 23.5. The highest BCUT2D eigenvalue weighted by molar-refractivity contribution is 5.90. The Hall–Kier alpha value is -3.50. The van der Waals surface area contributed by atoms with Crippen molar-refractivity contribution in [3.8, 4) is 11.5 Å². The van der Waals surface area contributed by atoms with Gasteiger partial charge in [0.2, 0.25) is 6.79 Å². The van der Waals surface area contributed by atoms with Crippen molar-refractivity contribution in [2.75, 3.05) is 12.1 Å². The maximum atomic E-state index is 11.4. The molecule has 0 unspecified atom stereocenters. The minimum atomic E-state index is -1.78. The van der Waals surface area contributed by atoms with E-state index in [1.807, 2.05) is 0 Å². The predicted molar refractivity (Wildman–Crippen MR) is 92.0 cm³/mol. The standard InChI is InChI=1S/C14H13NO10.C4H10/c16-10(17)4-12(20)24-14(25-13(21)5-11(18)19)15-7-1-2-8-9(3-7)23-6-22-8;1-3-4-2/h1-3,14-15H,4-6H2,(H,16,17)(H,18,19);3-4H2,1-2H3/p-2. The Kier molecular flexibility index (Phi) is 9.79. The summed E-state index contributed by atoms with van der Waals surface area (Å²) in [7, 11) is 0. The normalized spacial score (nSPS) is 11.1. The van der Waals surface area contributed by atoms with Crippen LogP contribution in [-0.2, 0) is 28.7 Å². The van der Waals surface area contributed by atoms with Crippen LogP contribution in [0.15, 0.2) is 18.2 Å². The van der Waals surface area contributed by atoms with Crippen molar-refractivity contribution in [3.05, 3.63) is 18.2 Å². The van der Waals surface area contributed by atoms with Crippen LogP contribution < -0.4 is 25.0 Å². The van der Waals surface area contributed by atoms with Crippen molar-refractivity contribution >= 4 is 29.6 Å². The quantitative estimate of drug-likeness (QED) is 0.310. The molecule has 0 radical (unpaired) electrons. The number of hydrogen-bond donors (Lipinski definition) is 1. The number of anilines is 1. The van der Waals surface area contributed by atoms with Gasteiger partial charge in [0.05, 0.1) is 24.8 Å². The monoisotopic (exact) mass is 411 g/mol. The number of rotatable bonds is 9. The van der Waals surface area contributed by atoms with E-state index >= 15 is 0 Å². The lowest BCUT2D eigenvalue weighted by atomic mass is 10.3. The highest BCUT2D eigenvalue weighted by atomic mass is 16.7. The topological polar surface area (TPSA) is 163 Å². The summed E-state index contributed by atoms with van der Waals surface area (Å²) >= 11 is 0. The summed E-state index contributed by atoms with van der Waals surface area (Å²) in [4.78, 5) is 43.6. The molecule has 1 N–H and O–H groups in total. The largest absolute Gasteiger partial charge is 0.550 e. The molecule has 0 spiro atoms. The minimum Gasteiger partial charge on any atom is -0.550 e. The molecule has 0 aromatic heterocycles. The first-order valence-corrected chi connectivity index (χ1v) is 8.70. The summed E-state index contributed by atoms with van der Waals surface area (Å²) in [6, 6.07) is 4.43. The second-order valence-corrected chi connectivity index (χ2v) is 5.62. The van der Waals surface area contributed by atoms with Crippen LogP contribution in [0.2, 0.25) is 0 Å². The molecular formula is C18H21NO10-2. The van der Waals surface area contributed by atoms with E-state index in [1.165, 1.54) is 31.0 Å². The third-order valence-electron chi connectivity index (χ3n) is 3.21. The molecule has 1 aromatic carbocycles. The van der Waals surface area contributed by atoms with Crippen molar-refractivity contribution < 1.29 is 48.3 Å². The van der Waals surface area contributed by atoms with Crippen LogP contribution in [-0.4, -0.2) is 37.1 Å². The second kappa shape index (κ2) is 12.1. The van der Waals surface area contributed by atoms with Crippen LogP contribution in [0.5, 0.6) is 11.5 Å². The number of hydrogen-bond acceptors (Lipinski definition) is 11. The zero-order chi connectivity index (χ0) is 21.8. The van der Waals surface area contributed by atoms with Gasteiger partial charge in [0.1, 0.15) is 0 Å². The molecule has 0 aliphatic carbocycles. The Morgan fingerprint density at radius 3 is 1.97 bits per heavy atom. The van der Waals surface area contributed by atoms with Crippen LogP contribution >= 0.6 is 0 Å². The SMILES string of the molecule is CCCC.O=C([O-])CC(=O)OC(Nc1ccc2c(c1)OCO2)OC(=O)CC(=O)[O-]. The van der Waals surface area contributed by atoms with E-state index in [2.05, 4.69) is 28.6 Å². The molecule has 11 nitrogen and oxygen atoms in total. The molecule has 0 amide bonds. The highest BCUT2D eigenvalue weighted by Gasteiger charge is 2.21. The van der Waals surface area contributed by atoms with Gasteiger partial charge in [0, 0.05) is 11.8 Å². The summed E-state index contributed by atoms with van der Waals surface area (Å²) in [5.74, 6) is -5.10. The highest BCUT2D eigenvalue weighted by Crippen LogP contribution is 2.34. The lowest BCUT2D eigenvalue weighted by Crippen LogP contribution is -2.36. The van der Waals surface area contributed by atoms with Crippen molar-refractivity contribution in [1.82, 2.24) is 0 Å². The lowest BCUT2D eigenvalue weighted by Gasteiger charge is -2.20. The van der Waals surface area contributed by atoms with Gasteiger partial charge in [-0.2, -0.15) is 0 Å². The Labute approximate surface area is 166 Å². The van der Waals surface area contributed by atoms with Crippen LogP contribution in [0.3, 0.4) is 0 Å². The number of ether oxygens (including phenoxy) is 4. The molecule has 0 atom stereocenters. The van der Waals surface area contributed by atoms with Crippen LogP contribution in [0.1, 0.15) is 39.5 Å². The van der Waals surface area contributed by atoms with Gasteiger partial charge in [-0.3, -0.25) is 9.59 Å². The van der Waals surface area contributed by atoms with Crippen LogP contribution in [0, 0.1) is 0 Å². The van der Waals surface area contributed by atoms with E-state index < -0.39 is 43.1 Å². The number of carbonyl (C=O) groups is 4. The average molecular weight is 411 g/mol. The first-order valence-electron chi connectivity index (χ1n) is 8.70. The molecule has 1 aromatic rings. The molecule has 0 fully saturated rings. The van der Waals surface area contributed by atoms with Crippen molar-refractivity contribution in [2.24, 2.45) is 0 Å². The third kappa shape index (κ3) is 9.31. The molecule has 1 aliphatic rings. The maximum absolute atomic E-state index is 11.4. The molecular weight excluding hydrogens is 390 g/mol. The van der Waals surface area contributed by atoms with Gasteiger partial charge in [-0.15, -0.1) is 0 Å². The molecule has 1 heterocycles. The number of carboxylic acid groups (broad SMARTS) is 2. The fourth-order valence-corrected chi connectivity index (χ4v) is 1.76. The van der Waals surface area contributed by atoms with Gasteiger partial charge >= 0.3 is 18.4 Å². The molecule has 1 aliphatic heterocycles. The molecule has 0 bridgehead atoms. The van der Waals surface area contributed by atoms with Gasteiger partial charge in [0.25, 0.3) is 0 Å². The smallest absolute Gasteiger partial charge is 0.329 e.